The first kappa shape index (κ1) is 23.3. The van der Waals surface area contributed by atoms with E-state index in [1.54, 1.807) is 6.07 Å². The number of carbonyl (C=O) groups is 3. The number of para-hydroxylation sites is 1. The third kappa shape index (κ3) is 5.36. The lowest BCUT2D eigenvalue weighted by atomic mass is 9.93. The van der Waals surface area contributed by atoms with E-state index in [-0.39, 0.29) is 16.8 Å². The Hall–Kier alpha value is -3.87. The highest BCUT2D eigenvalue weighted by Gasteiger charge is 2.22. The SMILES string of the molecule is O=C(O)c1cc(NC(=O)c2ccn(-c3ccccc3)c2CC2CCCCCC2)cc(C(=O)O)c1. The molecule has 34 heavy (non-hydrogen) atoms. The highest BCUT2D eigenvalue weighted by Crippen LogP contribution is 2.29. The molecular weight excluding hydrogens is 432 g/mol. The number of hydrogen-bond acceptors (Lipinski definition) is 3. The topological polar surface area (TPSA) is 109 Å². The second-order valence-corrected chi connectivity index (χ2v) is 8.81. The zero-order chi connectivity index (χ0) is 24.1. The average Bonchev–Trinajstić information content (AvgIpc) is 3.06. The van der Waals surface area contributed by atoms with E-state index in [9.17, 15) is 24.6 Å². The number of hydrogen-bond donors (Lipinski definition) is 3. The molecule has 1 aliphatic rings. The van der Waals surface area contributed by atoms with Crippen LogP contribution in [0.15, 0.2) is 60.8 Å². The molecule has 0 radical (unpaired) electrons. The molecule has 1 aromatic heterocycles. The summed E-state index contributed by atoms with van der Waals surface area (Å²) in [4.78, 5) is 36.2. The molecule has 4 rings (SSSR count). The Kier molecular flexibility index (Phi) is 7.11. The normalized spacial score (nSPS) is 14.4. The van der Waals surface area contributed by atoms with E-state index < -0.39 is 17.8 Å². The minimum atomic E-state index is -1.26. The predicted octanol–water partition coefficient (Wildman–Crippen LogP) is 5.64. The molecule has 0 unspecified atom stereocenters. The number of aromatic nitrogens is 1. The number of nitrogens with one attached hydrogen (secondary N) is 1. The number of amides is 1. The highest BCUT2D eigenvalue weighted by molar-refractivity contribution is 6.06. The fourth-order valence-corrected chi connectivity index (χ4v) is 4.70. The largest absolute Gasteiger partial charge is 0.478 e. The summed E-state index contributed by atoms with van der Waals surface area (Å²) in [6.07, 6.45) is 9.78. The van der Waals surface area contributed by atoms with Gasteiger partial charge in [0.25, 0.3) is 5.91 Å². The maximum Gasteiger partial charge on any atom is 0.335 e. The summed E-state index contributed by atoms with van der Waals surface area (Å²) >= 11 is 0. The van der Waals surface area contributed by atoms with Crippen molar-refractivity contribution in [3.8, 4) is 5.69 Å². The van der Waals surface area contributed by atoms with E-state index >= 15 is 0 Å². The van der Waals surface area contributed by atoms with Gasteiger partial charge >= 0.3 is 11.9 Å². The van der Waals surface area contributed by atoms with Crippen molar-refractivity contribution >= 4 is 23.5 Å². The van der Waals surface area contributed by atoms with Crippen molar-refractivity contribution in [3.63, 3.8) is 0 Å². The molecule has 0 spiro atoms. The van der Waals surface area contributed by atoms with Crippen molar-refractivity contribution in [3.05, 3.63) is 83.2 Å². The summed E-state index contributed by atoms with van der Waals surface area (Å²) in [7, 11) is 0. The minimum absolute atomic E-state index is 0.134. The van der Waals surface area contributed by atoms with Crippen molar-refractivity contribution in [2.75, 3.05) is 5.32 Å². The van der Waals surface area contributed by atoms with Gasteiger partial charge in [-0.25, -0.2) is 9.59 Å². The second-order valence-electron chi connectivity index (χ2n) is 8.81. The fraction of sp³-hybridized carbons (Fsp3) is 0.296. The van der Waals surface area contributed by atoms with Gasteiger partial charge in [-0.3, -0.25) is 4.79 Å². The molecule has 1 amide bonds. The summed E-state index contributed by atoms with van der Waals surface area (Å²) in [6.45, 7) is 0. The molecule has 3 N–H and O–H groups in total. The lowest BCUT2D eigenvalue weighted by Gasteiger charge is -2.18. The van der Waals surface area contributed by atoms with Crippen molar-refractivity contribution in [1.29, 1.82) is 0 Å². The summed E-state index contributed by atoms with van der Waals surface area (Å²) in [5.41, 5.74) is 2.11. The zero-order valence-electron chi connectivity index (χ0n) is 18.9. The Labute approximate surface area is 198 Å². The van der Waals surface area contributed by atoms with Gasteiger partial charge in [0.1, 0.15) is 0 Å². The summed E-state index contributed by atoms with van der Waals surface area (Å²) in [5, 5.41) is 21.4. The van der Waals surface area contributed by atoms with Gasteiger partial charge in [-0.2, -0.15) is 0 Å². The van der Waals surface area contributed by atoms with Crippen LogP contribution in [0.2, 0.25) is 0 Å². The highest BCUT2D eigenvalue weighted by atomic mass is 16.4. The molecule has 0 saturated heterocycles. The van der Waals surface area contributed by atoms with Gasteiger partial charge in [-0.1, -0.05) is 56.7 Å². The third-order valence-corrected chi connectivity index (χ3v) is 6.41. The molecule has 7 nitrogen and oxygen atoms in total. The van der Waals surface area contributed by atoms with Gasteiger partial charge in [0.2, 0.25) is 0 Å². The number of nitrogens with zero attached hydrogens (tertiary/aromatic N) is 1. The number of rotatable bonds is 7. The molecule has 0 atom stereocenters. The Morgan fingerprint density at radius 2 is 1.47 bits per heavy atom. The maximum atomic E-state index is 13.3. The van der Waals surface area contributed by atoms with Crippen LogP contribution in [0.3, 0.4) is 0 Å². The zero-order valence-corrected chi connectivity index (χ0v) is 18.9. The van der Waals surface area contributed by atoms with Gasteiger partial charge in [0.05, 0.1) is 16.7 Å². The molecule has 0 aliphatic heterocycles. The van der Waals surface area contributed by atoms with E-state index in [4.69, 9.17) is 0 Å². The first-order valence-corrected chi connectivity index (χ1v) is 11.6. The number of carboxylic acid groups (broad SMARTS) is 2. The molecule has 1 fully saturated rings. The van der Waals surface area contributed by atoms with Gasteiger partial charge in [-0.15, -0.1) is 0 Å². The number of carbonyl (C=O) groups excluding carboxylic acids is 1. The molecule has 7 heteroatoms. The standard InChI is InChI=1S/C27H28N2O5/c30-25(28-21-16-19(26(31)32)15-20(17-21)27(33)34)23-12-13-29(22-10-6-3-7-11-22)24(23)14-18-8-4-1-2-5-9-18/h3,6-7,10-13,15-18H,1-2,4-5,8-9,14H2,(H,28,30)(H,31,32)(H,33,34). The van der Waals surface area contributed by atoms with Crippen LogP contribution in [0.5, 0.6) is 0 Å². The molecule has 3 aromatic rings. The number of aromatic carboxylic acids is 2. The Morgan fingerprint density at radius 3 is 2.06 bits per heavy atom. The van der Waals surface area contributed by atoms with Crippen LogP contribution in [-0.4, -0.2) is 32.6 Å². The average molecular weight is 461 g/mol. The van der Waals surface area contributed by atoms with Crippen LogP contribution in [-0.2, 0) is 6.42 Å². The van der Waals surface area contributed by atoms with E-state index in [1.165, 1.54) is 37.8 Å². The van der Waals surface area contributed by atoms with Crippen LogP contribution in [0.25, 0.3) is 5.69 Å². The van der Waals surface area contributed by atoms with E-state index in [0.717, 1.165) is 36.7 Å². The molecule has 1 saturated carbocycles. The van der Waals surface area contributed by atoms with E-state index in [1.807, 2.05) is 41.1 Å². The molecule has 2 aromatic carbocycles. The number of carboxylic acids is 2. The van der Waals surface area contributed by atoms with Gasteiger partial charge in [0, 0.05) is 23.3 Å². The Balaban J connectivity index is 1.68. The first-order valence-electron chi connectivity index (χ1n) is 11.6. The van der Waals surface area contributed by atoms with Gasteiger partial charge < -0.3 is 20.1 Å². The lowest BCUT2D eigenvalue weighted by molar-refractivity contribution is 0.0696. The molecular formula is C27H28N2O5. The molecule has 1 heterocycles. The van der Waals surface area contributed by atoms with Crippen LogP contribution < -0.4 is 5.32 Å². The summed E-state index contributed by atoms with van der Waals surface area (Å²) in [6, 6.07) is 15.2. The van der Waals surface area contributed by atoms with Crippen molar-refractivity contribution < 1.29 is 24.6 Å². The van der Waals surface area contributed by atoms with Crippen LogP contribution in [0, 0.1) is 5.92 Å². The predicted molar refractivity (Wildman–Crippen MR) is 129 cm³/mol. The first-order chi connectivity index (χ1) is 16.4. The fourth-order valence-electron chi connectivity index (χ4n) is 4.70. The minimum Gasteiger partial charge on any atom is -0.478 e. The van der Waals surface area contributed by atoms with Crippen LogP contribution in [0.1, 0.15) is 75.3 Å². The summed E-state index contributed by atoms with van der Waals surface area (Å²) in [5.74, 6) is -2.43. The van der Waals surface area contributed by atoms with Crippen LogP contribution in [0.4, 0.5) is 5.69 Å². The summed E-state index contributed by atoms with van der Waals surface area (Å²) < 4.78 is 2.04. The molecule has 176 valence electrons. The lowest BCUT2D eigenvalue weighted by Crippen LogP contribution is -2.17. The monoisotopic (exact) mass is 460 g/mol. The number of benzene rings is 2. The number of anilines is 1. The molecule has 0 bridgehead atoms. The Bertz CT molecular complexity index is 1160. The van der Waals surface area contributed by atoms with Crippen molar-refractivity contribution in [1.82, 2.24) is 4.57 Å². The van der Waals surface area contributed by atoms with E-state index in [2.05, 4.69) is 5.32 Å². The van der Waals surface area contributed by atoms with Gasteiger partial charge in [0.15, 0.2) is 0 Å². The third-order valence-electron chi connectivity index (χ3n) is 6.41. The molecule has 1 aliphatic carbocycles. The van der Waals surface area contributed by atoms with E-state index in [0.29, 0.717) is 11.5 Å². The quantitative estimate of drug-likeness (QED) is 0.396. The smallest absolute Gasteiger partial charge is 0.335 e. The van der Waals surface area contributed by atoms with Crippen LogP contribution >= 0.6 is 0 Å². The second kappa shape index (κ2) is 10.4. The van der Waals surface area contributed by atoms with Gasteiger partial charge in [-0.05, 0) is 48.7 Å². The maximum absolute atomic E-state index is 13.3. The Morgan fingerprint density at radius 1 is 0.853 bits per heavy atom. The van der Waals surface area contributed by atoms with Crippen molar-refractivity contribution in [2.24, 2.45) is 5.92 Å². The van der Waals surface area contributed by atoms with Crippen molar-refractivity contribution in [2.45, 2.75) is 44.9 Å².